The number of benzene rings is 3. The fourth-order valence-corrected chi connectivity index (χ4v) is 3.74. The van der Waals surface area contributed by atoms with Crippen molar-refractivity contribution in [1.82, 2.24) is 0 Å². The molecule has 7 nitrogen and oxygen atoms in total. The number of anilines is 2. The largest absolute Gasteiger partial charge is 0.489 e. The molecule has 4 rings (SSSR count). The minimum absolute atomic E-state index is 0.141. The van der Waals surface area contributed by atoms with Gasteiger partial charge in [0, 0.05) is 24.2 Å². The van der Waals surface area contributed by atoms with Crippen molar-refractivity contribution in [2.45, 2.75) is 32.5 Å². The van der Waals surface area contributed by atoms with Crippen LogP contribution in [0.4, 0.5) is 11.4 Å². The quantitative estimate of drug-likeness (QED) is 0.541. The van der Waals surface area contributed by atoms with Crippen molar-refractivity contribution in [2.24, 2.45) is 0 Å². The third kappa shape index (κ3) is 5.36. The smallest absolute Gasteiger partial charge is 0.267 e. The third-order valence-corrected chi connectivity index (χ3v) is 5.53. The van der Waals surface area contributed by atoms with Crippen LogP contribution in [0.5, 0.6) is 11.5 Å². The molecule has 34 heavy (non-hydrogen) atoms. The lowest BCUT2D eigenvalue weighted by Crippen LogP contribution is -2.45. The van der Waals surface area contributed by atoms with Gasteiger partial charge in [0.2, 0.25) is 5.91 Å². The number of nitrogens with zero attached hydrogens (tertiary/aromatic N) is 2. The van der Waals surface area contributed by atoms with Gasteiger partial charge in [-0.2, -0.15) is 5.26 Å². The molecule has 1 aliphatic heterocycles. The molecule has 0 aliphatic carbocycles. The molecule has 0 aromatic heterocycles. The van der Waals surface area contributed by atoms with Gasteiger partial charge >= 0.3 is 0 Å². The monoisotopic (exact) mass is 455 g/mol. The topological polar surface area (TPSA) is 91.7 Å². The fourth-order valence-electron chi connectivity index (χ4n) is 3.74. The number of para-hydroxylation sites is 3. The van der Waals surface area contributed by atoms with Gasteiger partial charge in [-0.3, -0.25) is 9.59 Å². The van der Waals surface area contributed by atoms with E-state index in [1.807, 2.05) is 72.8 Å². The first-order valence-electron chi connectivity index (χ1n) is 11.1. The Morgan fingerprint density at radius 2 is 1.82 bits per heavy atom. The highest BCUT2D eigenvalue weighted by atomic mass is 16.5. The molecule has 3 aromatic carbocycles. The number of rotatable bonds is 8. The van der Waals surface area contributed by atoms with Gasteiger partial charge < -0.3 is 19.7 Å². The standard InChI is InChI=1S/C27H25N3O4/c1-19-27(32)30(24-8-4-5-9-25(24)34-19)17-15-26(31)29-23-7-3-2-6-21(23)18-33-22-12-10-20(11-13-22)14-16-28/h2-13,19H,14-15,17-18H2,1H3,(H,29,31). The summed E-state index contributed by atoms with van der Waals surface area (Å²) >= 11 is 0. The summed E-state index contributed by atoms with van der Waals surface area (Å²) < 4.78 is 11.5. The van der Waals surface area contributed by atoms with Gasteiger partial charge in [0.1, 0.15) is 18.1 Å². The van der Waals surface area contributed by atoms with Crippen molar-refractivity contribution in [3.63, 3.8) is 0 Å². The van der Waals surface area contributed by atoms with Crippen LogP contribution < -0.4 is 19.7 Å². The van der Waals surface area contributed by atoms with Crippen molar-refractivity contribution in [3.05, 3.63) is 83.9 Å². The highest BCUT2D eigenvalue weighted by molar-refractivity contribution is 6.01. The highest BCUT2D eigenvalue weighted by Gasteiger charge is 2.31. The molecule has 1 unspecified atom stereocenters. The van der Waals surface area contributed by atoms with E-state index >= 15 is 0 Å². The number of hydrogen-bond acceptors (Lipinski definition) is 5. The lowest BCUT2D eigenvalue weighted by atomic mass is 10.1. The normalized spacial score (nSPS) is 14.5. The lowest BCUT2D eigenvalue weighted by Gasteiger charge is -2.32. The number of hydrogen-bond donors (Lipinski definition) is 1. The van der Waals surface area contributed by atoms with Crippen LogP contribution in [0.15, 0.2) is 72.8 Å². The van der Waals surface area contributed by atoms with E-state index in [0.29, 0.717) is 29.3 Å². The van der Waals surface area contributed by atoms with E-state index in [1.54, 1.807) is 11.8 Å². The molecule has 1 atom stereocenters. The van der Waals surface area contributed by atoms with E-state index in [4.69, 9.17) is 14.7 Å². The molecule has 0 fully saturated rings. The van der Waals surface area contributed by atoms with Crippen LogP contribution >= 0.6 is 0 Å². The number of carbonyl (C=O) groups is 2. The molecular weight excluding hydrogens is 430 g/mol. The maximum absolute atomic E-state index is 12.7. The minimum atomic E-state index is -0.593. The average Bonchev–Trinajstić information content (AvgIpc) is 2.85. The first-order valence-corrected chi connectivity index (χ1v) is 11.1. The van der Waals surface area contributed by atoms with Crippen LogP contribution in [0.25, 0.3) is 0 Å². The van der Waals surface area contributed by atoms with Crippen LogP contribution in [0.1, 0.15) is 24.5 Å². The SMILES string of the molecule is CC1Oc2ccccc2N(CCC(=O)Nc2ccccc2COc2ccc(CC#N)cc2)C1=O. The predicted molar refractivity (Wildman–Crippen MR) is 129 cm³/mol. The molecule has 0 saturated carbocycles. The number of nitrogens with one attached hydrogen (secondary N) is 1. The Balaban J connectivity index is 1.37. The molecule has 2 amide bonds. The Morgan fingerprint density at radius 1 is 1.09 bits per heavy atom. The maximum Gasteiger partial charge on any atom is 0.267 e. The lowest BCUT2D eigenvalue weighted by molar-refractivity contribution is -0.125. The van der Waals surface area contributed by atoms with Gasteiger partial charge in [-0.1, -0.05) is 42.5 Å². The second-order valence-electron chi connectivity index (χ2n) is 7.94. The zero-order valence-electron chi connectivity index (χ0n) is 18.9. The first kappa shape index (κ1) is 22.9. The van der Waals surface area contributed by atoms with Crippen molar-refractivity contribution in [3.8, 4) is 17.6 Å². The van der Waals surface area contributed by atoms with Gasteiger partial charge in [0.05, 0.1) is 18.2 Å². The maximum atomic E-state index is 12.7. The summed E-state index contributed by atoms with van der Waals surface area (Å²) in [7, 11) is 0. The summed E-state index contributed by atoms with van der Waals surface area (Å²) in [5, 5.41) is 11.7. The third-order valence-electron chi connectivity index (χ3n) is 5.53. The molecular formula is C27H25N3O4. The van der Waals surface area contributed by atoms with Gasteiger partial charge in [-0.15, -0.1) is 0 Å². The molecule has 7 heteroatoms. The molecule has 172 valence electrons. The van der Waals surface area contributed by atoms with Crippen LogP contribution in [0.3, 0.4) is 0 Å². The summed E-state index contributed by atoms with van der Waals surface area (Å²) in [6.07, 6.45) is -0.0947. The van der Waals surface area contributed by atoms with Gasteiger partial charge in [-0.25, -0.2) is 0 Å². The number of carbonyl (C=O) groups excluding carboxylic acids is 2. The van der Waals surface area contributed by atoms with Gasteiger partial charge in [0.15, 0.2) is 6.10 Å². The van der Waals surface area contributed by atoms with E-state index in [1.165, 1.54) is 0 Å². The second-order valence-corrected chi connectivity index (χ2v) is 7.94. The Hall–Kier alpha value is -4.31. The molecule has 0 saturated heterocycles. The molecule has 0 bridgehead atoms. The van der Waals surface area contributed by atoms with Crippen LogP contribution in [0, 0.1) is 11.3 Å². The zero-order chi connectivity index (χ0) is 23.9. The van der Waals surface area contributed by atoms with Crippen LogP contribution in [-0.2, 0) is 22.6 Å². The van der Waals surface area contributed by atoms with Crippen molar-refractivity contribution < 1.29 is 19.1 Å². The number of nitriles is 1. The van der Waals surface area contributed by atoms with E-state index in [-0.39, 0.29) is 31.4 Å². The first-order chi connectivity index (χ1) is 16.5. The van der Waals surface area contributed by atoms with E-state index < -0.39 is 6.10 Å². The second kappa shape index (κ2) is 10.5. The van der Waals surface area contributed by atoms with Crippen LogP contribution in [0.2, 0.25) is 0 Å². The predicted octanol–water partition coefficient (Wildman–Crippen LogP) is 4.47. The summed E-state index contributed by atoms with van der Waals surface area (Å²) in [4.78, 5) is 27.0. The number of fused-ring (bicyclic) bond motifs is 1. The zero-order valence-corrected chi connectivity index (χ0v) is 18.9. The Kier molecular flexibility index (Phi) is 7.09. The number of ether oxygens (including phenoxy) is 2. The van der Waals surface area contributed by atoms with E-state index in [2.05, 4.69) is 11.4 Å². The molecule has 1 N–H and O–H groups in total. The molecule has 3 aromatic rings. The summed E-state index contributed by atoms with van der Waals surface area (Å²) in [5.41, 5.74) is 3.10. The van der Waals surface area contributed by atoms with Crippen LogP contribution in [-0.4, -0.2) is 24.5 Å². The Labute approximate surface area is 198 Å². The van der Waals surface area contributed by atoms with Gasteiger partial charge in [0.25, 0.3) is 5.91 Å². The molecule has 0 radical (unpaired) electrons. The summed E-state index contributed by atoms with van der Waals surface area (Å²) in [6, 6.07) is 24.3. The molecule has 0 spiro atoms. The Morgan fingerprint density at radius 3 is 2.62 bits per heavy atom. The summed E-state index contributed by atoms with van der Waals surface area (Å²) in [6.45, 7) is 2.24. The highest BCUT2D eigenvalue weighted by Crippen LogP contribution is 2.33. The molecule has 1 heterocycles. The van der Waals surface area contributed by atoms with E-state index in [0.717, 1.165) is 11.1 Å². The average molecular weight is 456 g/mol. The Bertz CT molecular complexity index is 1220. The minimum Gasteiger partial charge on any atom is -0.489 e. The molecule has 1 aliphatic rings. The van der Waals surface area contributed by atoms with Crippen molar-refractivity contribution in [2.75, 3.05) is 16.8 Å². The van der Waals surface area contributed by atoms with Gasteiger partial charge in [-0.05, 0) is 42.8 Å². The summed E-state index contributed by atoms with van der Waals surface area (Å²) in [5.74, 6) is 0.957. The van der Waals surface area contributed by atoms with E-state index in [9.17, 15) is 9.59 Å². The fraction of sp³-hybridized carbons (Fsp3) is 0.222. The van der Waals surface area contributed by atoms with Crippen molar-refractivity contribution >= 4 is 23.2 Å². The number of amides is 2. The van der Waals surface area contributed by atoms with Crippen molar-refractivity contribution in [1.29, 1.82) is 5.26 Å².